The van der Waals surface area contributed by atoms with Crippen molar-refractivity contribution < 1.29 is 18.1 Å². The van der Waals surface area contributed by atoms with Crippen molar-refractivity contribution >= 4 is 50.9 Å². The van der Waals surface area contributed by atoms with Gasteiger partial charge in [0.2, 0.25) is 10.0 Å². The minimum absolute atomic E-state index is 0.186. The Bertz CT molecular complexity index is 1020. The summed E-state index contributed by atoms with van der Waals surface area (Å²) in [4.78, 5) is 13.7. The first kappa shape index (κ1) is 22.8. The predicted octanol–water partition coefficient (Wildman–Crippen LogP) is 2.52. The first-order valence-corrected chi connectivity index (χ1v) is 11.9. The number of carbonyl (C=O) groups excluding carboxylic acids is 1. The van der Waals surface area contributed by atoms with E-state index in [9.17, 15) is 13.2 Å². The summed E-state index contributed by atoms with van der Waals surface area (Å²) in [5.74, 6) is -0.186. The Morgan fingerprint density at radius 1 is 1.13 bits per heavy atom. The minimum Gasteiger partial charge on any atom is -0.323 e. The van der Waals surface area contributed by atoms with E-state index in [4.69, 9.17) is 23.2 Å². The predicted molar refractivity (Wildman–Crippen MR) is 121 cm³/mol. The third kappa shape index (κ3) is 5.83. The Kier molecular flexibility index (Phi) is 7.55. The molecule has 0 bridgehead atoms. The van der Waals surface area contributed by atoms with E-state index >= 15 is 0 Å². The summed E-state index contributed by atoms with van der Waals surface area (Å²) >= 11 is 12.1. The molecule has 1 heterocycles. The number of quaternary nitrogens is 1. The van der Waals surface area contributed by atoms with E-state index in [1.165, 1.54) is 9.71 Å². The molecule has 2 aromatic carbocycles. The Morgan fingerprint density at radius 3 is 2.47 bits per heavy atom. The van der Waals surface area contributed by atoms with E-state index in [0.29, 0.717) is 41.9 Å². The third-order valence-electron chi connectivity index (χ3n) is 5.15. The molecule has 0 aromatic heterocycles. The van der Waals surface area contributed by atoms with Crippen LogP contribution in [0.2, 0.25) is 10.0 Å². The van der Waals surface area contributed by atoms with Gasteiger partial charge in [0.05, 0.1) is 36.9 Å². The molecule has 160 valence electrons. The number of carbonyl (C=O) groups is 1. The van der Waals surface area contributed by atoms with Crippen molar-refractivity contribution in [1.29, 1.82) is 0 Å². The van der Waals surface area contributed by atoms with Gasteiger partial charge in [-0.05, 0) is 36.8 Å². The maximum Gasteiger partial charge on any atom is 0.282 e. The lowest BCUT2D eigenvalue weighted by atomic mass is 10.2. The normalized spacial score (nSPS) is 17.2. The number of halogens is 2. The molecule has 1 amide bonds. The molecule has 0 spiro atoms. The van der Waals surface area contributed by atoms with Gasteiger partial charge in [0.1, 0.15) is 0 Å². The van der Waals surface area contributed by atoms with Crippen molar-refractivity contribution in [2.75, 3.05) is 31.5 Å². The number of nitrogens with zero attached hydrogens (tertiary/aromatic N) is 1. The van der Waals surface area contributed by atoms with Crippen molar-refractivity contribution in [3.8, 4) is 0 Å². The highest BCUT2D eigenvalue weighted by Crippen LogP contribution is 2.25. The van der Waals surface area contributed by atoms with Gasteiger partial charge in [0.15, 0.2) is 6.04 Å². The summed E-state index contributed by atoms with van der Waals surface area (Å²) < 4.78 is 26.7. The lowest BCUT2D eigenvalue weighted by molar-refractivity contribution is -0.917. The minimum atomic E-state index is -3.50. The van der Waals surface area contributed by atoms with Gasteiger partial charge in [-0.3, -0.25) is 4.79 Å². The van der Waals surface area contributed by atoms with Crippen LogP contribution in [0.25, 0.3) is 6.08 Å². The number of benzene rings is 2. The van der Waals surface area contributed by atoms with Crippen LogP contribution in [-0.2, 0) is 14.8 Å². The van der Waals surface area contributed by atoms with Gasteiger partial charge in [-0.2, -0.15) is 4.31 Å². The summed E-state index contributed by atoms with van der Waals surface area (Å²) in [6, 6.07) is 13.8. The smallest absolute Gasteiger partial charge is 0.282 e. The van der Waals surface area contributed by atoms with Gasteiger partial charge in [-0.1, -0.05) is 53.5 Å². The lowest BCUT2D eigenvalue weighted by Crippen LogP contribution is -3.19. The highest BCUT2D eigenvalue weighted by molar-refractivity contribution is 7.92. The molecule has 1 aliphatic heterocycles. The summed E-state index contributed by atoms with van der Waals surface area (Å²) in [5.41, 5.74) is 1.29. The zero-order chi connectivity index (χ0) is 21.7. The second-order valence-corrected chi connectivity index (χ2v) is 9.81. The van der Waals surface area contributed by atoms with Crippen molar-refractivity contribution in [3.05, 3.63) is 69.5 Å². The van der Waals surface area contributed by atoms with Crippen molar-refractivity contribution in [1.82, 2.24) is 4.31 Å². The fourth-order valence-electron chi connectivity index (χ4n) is 3.30. The second kappa shape index (κ2) is 9.94. The molecular weight excluding hydrogens is 445 g/mol. The zero-order valence-electron chi connectivity index (χ0n) is 16.5. The van der Waals surface area contributed by atoms with Crippen molar-refractivity contribution in [2.24, 2.45) is 0 Å². The van der Waals surface area contributed by atoms with Gasteiger partial charge < -0.3 is 10.2 Å². The summed E-state index contributed by atoms with van der Waals surface area (Å²) in [6.45, 7) is 3.60. The Balaban J connectivity index is 1.57. The molecule has 0 radical (unpaired) electrons. The van der Waals surface area contributed by atoms with Gasteiger partial charge in [0.25, 0.3) is 5.91 Å². The number of rotatable bonds is 6. The molecule has 1 atom stereocenters. The number of nitrogens with one attached hydrogen (secondary N) is 2. The number of hydrogen-bond acceptors (Lipinski definition) is 3. The molecule has 6 nitrogen and oxygen atoms in total. The Labute approximate surface area is 187 Å². The van der Waals surface area contributed by atoms with Crippen LogP contribution in [-0.4, -0.2) is 50.9 Å². The first-order valence-electron chi connectivity index (χ1n) is 9.60. The molecule has 2 aromatic rings. The average Bonchev–Trinajstić information content (AvgIpc) is 2.75. The molecule has 2 N–H and O–H groups in total. The van der Waals surface area contributed by atoms with Crippen LogP contribution in [0.15, 0.2) is 53.9 Å². The lowest BCUT2D eigenvalue weighted by Gasteiger charge is -2.33. The number of sulfonamides is 1. The Hall–Kier alpha value is -1.90. The van der Waals surface area contributed by atoms with Gasteiger partial charge >= 0.3 is 0 Å². The molecule has 30 heavy (non-hydrogen) atoms. The third-order valence-corrected chi connectivity index (χ3v) is 7.28. The van der Waals surface area contributed by atoms with E-state index in [-0.39, 0.29) is 11.9 Å². The van der Waals surface area contributed by atoms with Crippen LogP contribution in [0.4, 0.5) is 5.69 Å². The van der Waals surface area contributed by atoms with E-state index in [0.717, 1.165) is 10.5 Å². The molecule has 0 saturated carbocycles. The van der Waals surface area contributed by atoms with Crippen LogP contribution in [0, 0.1) is 0 Å². The number of hydrogen-bond donors (Lipinski definition) is 2. The number of piperazine rings is 1. The van der Waals surface area contributed by atoms with E-state index in [2.05, 4.69) is 5.32 Å². The van der Waals surface area contributed by atoms with E-state index in [1.807, 2.05) is 37.3 Å². The maximum absolute atomic E-state index is 12.6. The molecule has 1 saturated heterocycles. The molecular formula is C21H24Cl2N3O3S+. The molecule has 0 unspecified atom stereocenters. The number of anilines is 1. The SMILES string of the molecule is C[C@@H](C(=O)Nc1cc(Cl)ccc1Cl)[NH+]1CCN(S(=O)(=O)/C=C/c2ccccc2)CC1. The fraction of sp³-hybridized carbons (Fsp3) is 0.286. The summed E-state index contributed by atoms with van der Waals surface area (Å²) in [6.07, 6.45) is 1.60. The van der Waals surface area contributed by atoms with Crippen LogP contribution in [0.5, 0.6) is 0 Å². The number of amides is 1. The Morgan fingerprint density at radius 2 is 1.80 bits per heavy atom. The highest BCUT2D eigenvalue weighted by atomic mass is 35.5. The standard InChI is InChI=1S/C21H23Cl2N3O3S/c1-16(21(27)24-20-15-18(22)7-8-19(20)23)25-10-12-26(13-11-25)30(28,29)14-9-17-5-3-2-4-6-17/h2-9,14-16H,10-13H2,1H3,(H,24,27)/p+1/b14-9+/t16-/m0/s1. The van der Waals surface area contributed by atoms with Gasteiger partial charge in [0, 0.05) is 10.4 Å². The van der Waals surface area contributed by atoms with Gasteiger partial charge in [-0.25, -0.2) is 8.42 Å². The monoisotopic (exact) mass is 468 g/mol. The molecule has 9 heteroatoms. The van der Waals surface area contributed by atoms with Crippen LogP contribution in [0.3, 0.4) is 0 Å². The van der Waals surface area contributed by atoms with Crippen LogP contribution < -0.4 is 10.2 Å². The van der Waals surface area contributed by atoms with Crippen LogP contribution in [0.1, 0.15) is 12.5 Å². The van der Waals surface area contributed by atoms with E-state index < -0.39 is 10.0 Å². The quantitative estimate of drug-likeness (QED) is 0.683. The van der Waals surface area contributed by atoms with Crippen molar-refractivity contribution in [2.45, 2.75) is 13.0 Å². The topological polar surface area (TPSA) is 70.9 Å². The second-order valence-electron chi connectivity index (χ2n) is 7.15. The summed E-state index contributed by atoms with van der Waals surface area (Å²) in [5, 5.41) is 4.95. The van der Waals surface area contributed by atoms with Gasteiger partial charge in [-0.15, -0.1) is 0 Å². The molecule has 0 aliphatic carbocycles. The molecule has 1 fully saturated rings. The van der Waals surface area contributed by atoms with E-state index in [1.54, 1.807) is 24.3 Å². The summed E-state index contributed by atoms with van der Waals surface area (Å²) in [7, 11) is -3.50. The largest absolute Gasteiger partial charge is 0.323 e. The van der Waals surface area contributed by atoms with Crippen LogP contribution >= 0.6 is 23.2 Å². The average molecular weight is 469 g/mol. The molecule has 1 aliphatic rings. The fourth-order valence-corrected chi connectivity index (χ4v) is 4.83. The highest BCUT2D eigenvalue weighted by Gasteiger charge is 2.33. The van der Waals surface area contributed by atoms with Crippen molar-refractivity contribution in [3.63, 3.8) is 0 Å². The first-order chi connectivity index (χ1) is 14.3. The molecule has 3 rings (SSSR count). The zero-order valence-corrected chi connectivity index (χ0v) is 18.8. The maximum atomic E-state index is 12.6.